The minimum Gasteiger partial charge on any atom is -0.267 e. The number of thioether (sulfide) groups is 2. The lowest BCUT2D eigenvalue weighted by atomic mass is 10.1. The second kappa shape index (κ2) is 7.90. The lowest BCUT2D eigenvalue weighted by molar-refractivity contribution is 0.0962. The first-order chi connectivity index (χ1) is 11.6. The second-order valence-corrected chi connectivity index (χ2v) is 8.33. The number of carbonyl (C=O) groups excluding carboxylic acids is 1. The molecular formula is C17H20N4OS2. The standard InChI is InChI=1S/C17H20N4OS2/c1-11-10-12(2)19-17(18-11)21-20-15(22)13-4-6-14(7-5-13)16-23-8-3-9-24-16/h4-7,10,16H,3,8-9H2,1-2H3,(H,20,22)(H,18,19,21). The number of anilines is 1. The van der Waals surface area contributed by atoms with Crippen LogP contribution in [0.5, 0.6) is 0 Å². The van der Waals surface area contributed by atoms with Gasteiger partial charge < -0.3 is 0 Å². The Kier molecular flexibility index (Phi) is 5.63. The quantitative estimate of drug-likeness (QED) is 0.810. The van der Waals surface area contributed by atoms with Crippen LogP contribution < -0.4 is 10.9 Å². The van der Waals surface area contributed by atoms with E-state index in [-0.39, 0.29) is 5.91 Å². The molecule has 1 amide bonds. The number of benzene rings is 1. The Bertz CT molecular complexity index is 695. The van der Waals surface area contributed by atoms with Crippen LogP contribution in [0, 0.1) is 13.8 Å². The summed E-state index contributed by atoms with van der Waals surface area (Å²) in [5.41, 5.74) is 9.01. The minimum atomic E-state index is -0.201. The molecule has 1 aromatic heterocycles. The number of nitrogens with one attached hydrogen (secondary N) is 2. The topological polar surface area (TPSA) is 66.9 Å². The molecule has 1 aromatic carbocycles. The monoisotopic (exact) mass is 360 g/mol. The zero-order valence-electron chi connectivity index (χ0n) is 13.7. The van der Waals surface area contributed by atoms with Crippen molar-refractivity contribution in [1.29, 1.82) is 0 Å². The minimum absolute atomic E-state index is 0.201. The number of nitrogens with zero attached hydrogens (tertiary/aromatic N) is 2. The number of aryl methyl sites for hydroxylation is 2. The SMILES string of the molecule is Cc1cc(C)nc(NNC(=O)c2ccc(C3SCCCS3)cc2)n1. The molecule has 0 aliphatic carbocycles. The smallest absolute Gasteiger partial charge is 0.267 e. The Morgan fingerprint density at radius 2 is 1.71 bits per heavy atom. The molecule has 0 unspecified atom stereocenters. The third-order valence-electron chi connectivity index (χ3n) is 3.54. The fourth-order valence-electron chi connectivity index (χ4n) is 2.44. The van der Waals surface area contributed by atoms with E-state index in [9.17, 15) is 4.79 Å². The van der Waals surface area contributed by atoms with Gasteiger partial charge in [0.2, 0.25) is 5.95 Å². The maximum absolute atomic E-state index is 12.2. The summed E-state index contributed by atoms with van der Waals surface area (Å²) in [6, 6.07) is 9.69. The first-order valence-corrected chi connectivity index (χ1v) is 9.93. The molecule has 2 N–H and O–H groups in total. The molecule has 1 aliphatic rings. The van der Waals surface area contributed by atoms with Crippen molar-refractivity contribution in [3.05, 3.63) is 52.8 Å². The molecule has 2 heterocycles. The van der Waals surface area contributed by atoms with Gasteiger partial charge in [0.15, 0.2) is 0 Å². The molecule has 1 fully saturated rings. The van der Waals surface area contributed by atoms with Crippen LogP contribution in [0.1, 0.15) is 38.3 Å². The van der Waals surface area contributed by atoms with Crippen LogP contribution in [0.4, 0.5) is 5.95 Å². The van der Waals surface area contributed by atoms with Crippen molar-refractivity contribution in [1.82, 2.24) is 15.4 Å². The van der Waals surface area contributed by atoms with E-state index in [1.807, 2.05) is 67.7 Å². The summed E-state index contributed by atoms with van der Waals surface area (Å²) in [5, 5.41) is 0. The van der Waals surface area contributed by atoms with Crippen LogP contribution in [-0.4, -0.2) is 27.4 Å². The Labute approximate surface area is 150 Å². The summed E-state index contributed by atoms with van der Waals surface area (Å²) in [4.78, 5) is 20.7. The fourth-order valence-corrected chi connectivity index (χ4v) is 5.33. The highest BCUT2D eigenvalue weighted by molar-refractivity contribution is 8.16. The maximum atomic E-state index is 12.2. The van der Waals surface area contributed by atoms with E-state index < -0.39 is 0 Å². The van der Waals surface area contributed by atoms with E-state index in [1.54, 1.807) is 0 Å². The predicted molar refractivity (Wildman–Crippen MR) is 101 cm³/mol. The van der Waals surface area contributed by atoms with Gasteiger partial charge in [-0.2, -0.15) is 0 Å². The first kappa shape index (κ1) is 17.1. The molecule has 0 bridgehead atoms. The molecule has 24 heavy (non-hydrogen) atoms. The second-order valence-electron chi connectivity index (χ2n) is 5.60. The average molecular weight is 361 g/mol. The predicted octanol–water partition coefficient (Wildman–Crippen LogP) is 3.72. The zero-order chi connectivity index (χ0) is 16.9. The third-order valence-corrected chi connectivity index (χ3v) is 6.56. The van der Waals surface area contributed by atoms with Gasteiger partial charge in [0, 0.05) is 17.0 Å². The highest BCUT2D eigenvalue weighted by Crippen LogP contribution is 2.43. The van der Waals surface area contributed by atoms with E-state index >= 15 is 0 Å². The average Bonchev–Trinajstić information content (AvgIpc) is 2.60. The molecule has 0 spiro atoms. The van der Waals surface area contributed by atoms with Crippen LogP contribution in [-0.2, 0) is 0 Å². The number of hydrogen-bond donors (Lipinski definition) is 2. The molecule has 7 heteroatoms. The van der Waals surface area contributed by atoms with Crippen molar-refractivity contribution in [2.75, 3.05) is 16.9 Å². The third kappa shape index (κ3) is 4.42. The molecule has 1 saturated heterocycles. The van der Waals surface area contributed by atoms with Crippen molar-refractivity contribution in [3.8, 4) is 0 Å². The van der Waals surface area contributed by atoms with Crippen LogP contribution in [0.15, 0.2) is 30.3 Å². The first-order valence-electron chi connectivity index (χ1n) is 7.83. The molecule has 5 nitrogen and oxygen atoms in total. The summed E-state index contributed by atoms with van der Waals surface area (Å²) in [5.74, 6) is 2.61. The van der Waals surface area contributed by atoms with Crippen molar-refractivity contribution < 1.29 is 4.79 Å². The molecule has 0 atom stereocenters. The Morgan fingerprint density at radius 3 is 2.33 bits per heavy atom. The number of aromatic nitrogens is 2. The molecule has 0 radical (unpaired) electrons. The number of amides is 1. The molecule has 2 aromatic rings. The normalized spacial score (nSPS) is 15.1. The van der Waals surface area contributed by atoms with Crippen LogP contribution >= 0.6 is 23.5 Å². The van der Waals surface area contributed by atoms with E-state index in [0.717, 1.165) is 11.4 Å². The van der Waals surface area contributed by atoms with Gasteiger partial charge in [-0.3, -0.25) is 15.6 Å². The van der Waals surface area contributed by atoms with Gasteiger partial charge >= 0.3 is 0 Å². The van der Waals surface area contributed by atoms with E-state index in [1.165, 1.54) is 23.5 Å². The number of hydrazine groups is 1. The van der Waals surface area contributed by atoms with Gasteiger partial charge in [0.1, 0.15) is 0 Å². The van der Waals surface area contributed by atoms with Gasteiger partial charge in [-0.1, -0.05) is 12.1 Å². The number of carbonyl (C=O) groups is 1. The summed E-state index contributed by atoms with van der Waals surface area (Å²) in [7, 11) is 0. The highest BCUT2D eigenvalue weighted by Gasteiger charge is 2.17. The van der Waals surface area contributed by atoms with Crippen molar-refractivity contribution in [2.24, 2.45) is 0 Å². The van der Waals surface area contributed by atoms with Gasteiger partial charge in [-0.25, -0.2) is 9.97 Å². The van der Waals surface area contributed by atoms with Crippen molar-refractivity contribution in [3.63, 3.8) is 0 Å². The lowest BCUT2D eigenvalue weighted by Gasteiger charge is -2.21. The molecule has 1 aliphatic heterocycles. The largest absolute Gasteiger partial charge is 0.269 e. The highest BCUT2D eigenvalue weighted by atomic mass is 32.2. The Balaban J connectivity index is 1.60. The molecule has 126 valence electrons. The Hall–Kier alpha value is -1.73. The fraction of sp³-hybridized carbons (Fsp3) is 0.353. The van der Waals surface area contributed by atoms with E-state index in [2.05, 4.69) is 20.8 Å². The number of hydrogen-bond acceptors (Lipinski definition) is 6. The lowest BCUT2D eigenvalue weighted by Crippen LogP contribution is -2.30. The molecule has 0 saturated carbocycles. The van der Waals surface area contributed by atoms with Crippen molar-refractivity contribution >= 4 is 35.4 Å². The molecular weight excluding hydrogens is 340 g/mol. The Morgan fingerprint density at radius 1 is 1.08 bits per heavy atom. The zero-order valence-corrected chi connectivity index (χ0v) is 15.3. The van der Waals surface area contributed by atoms with Gasteiger partial charge in [-0.05, 0) is 55.5 Å². The number of rotatable bonds is 4. The van der Waals surface area contributed by atoms with Gasteiger partial charge in [-0.15, -0.1) is 23.5 Å². The van der Waals surface area contributed by atoms with Crippen molar-refractivity contribution in [2.45, 2.75) is 24.9 Å². The van der Waals surface area contributed by atoms with Crippen LogP contribution in [0.25, 0.3) is 0 Å². The maximum Gasteiger partial charge on any atom is 0.269 e. The summed E-state index contributed by atoms with van der Waals surface area (Å²) >= 11 is 3.95. The van der Waals surface area contributed by atoms with Gasteiger partial charge in [0.25, 0.3) is 5.91 Å². The van der Waals surface area contributed by atoms with Crippen LogP contribution in [0.2, 0.25) is 0 Å². The summed E-state index contributed by atoms with van der Waals surface area (Å²) in [6.45, 7) is 3.78. The van der Waals surface area contributed by atoms with E-state index in [0.29, 0.717) is 16.1 Å². The summed E-state index contributed by atoms with van der Waals surface area (Å²) < 4.78 is 0.484. The van der Waals surface area contributed by atoms with Crippen LogP contribution in [0.3, 0.4) is 0 Å². The summed E-state index contributed by atoms with van der Waals surface area (Å²) in [6.07, 6.45) is 1.28. The van der Waals surface area contributed by atoms with Gasteiger partial charge in [0.05, 0.1) is 4.58 Å². The molecule has 3 rings (SSSR count). The van der Waals surface area contributed by atoms with E-state index in [4.69, 9.17) is 0 Å².